The molecule has 1 aromatic carbocycles. The van der Waals surface area contributed by atoms with Crippen LogP contribution in [0.4, 0.5) is 0 Å². The minimum absolute atomic E-state index is 0.0880. The zero-order valence-corrected chi connectivity index (χ0v) is 13.0. The predicted octanol–water partition coefficient (Wildman–Crippen LogP) is 1.24. The monoisotopic (exact) mass is 326 g/mol. The van der Waals surface area contributed by atoms with Crippen LogP contribution >= 0.6 is 0 Å². The first-order valence-electron chi connectivity index (χ1n) is 7.04. The number of rotatable bonds is 5. The van der Waals surface area contributed by atoms with Crippen molar-refractivity contribution in [1.29, 1.82) is 0 Å². The maximum atomic E-state index is 9.84. The topological polar surface area (TPSA) is 101 Å². The van der Waals surface area contributed by atoms with Crippen molar-refractivity contribution in [3.63, 3.8) is 0 Å². The van der Waals surface area contributed by atoms with E-state index < -0.39 is 5.97 Å². The lowest BCUT2D eigenvalue weighted by Gasteiger charge is -1.95. The van der Waals surface area contributed by atoms with Gasteiger partial charge < -0.3 is 29.2 Å². The third-order valence-electron chi connectivity index (χ3n) is 2.61. The van der Waals surface area contributed by atoms with Crippen molar-refractivity contribution < 1.29 is 34.0 Å². The second-order valence-electron chi connectivity index (χ2n) is 4.70. The van der Waals surface area contributed by atoms with Gasteiger partial charge in [0, 0.05) is 12.1 Å². The average molecular weight is 326 g/mol. The lowest BCUT2D eigenvalue weighted by Crippen LogP contribution is -2.06. The van der Waals surface area contributed by atoms with Crippen molar-refractivity contribution in [2.24, 2.45) is 0 Å². The van der Waals surface area contributed by atoms with Gasteiger partial charge in [-0.1, -0.05) is 12.6 Å². The van der Waals surface area contributed by atoms with Gasteiger partial charge >= 0.3 is 5.97 Å². The number of hydrogen-bond donors (Lipinski definition) is 2. The first kappa shape index (κ1) is 19.0. The number of aromatic hydroxyl groups is 2. The molecule has 7 nitrogen and oxygen atoms in total. The number of esters is 1. The van der Waals surface area contributed by atoms with Gasteiger partial charge in [0.05, 0.1) is 33.5 Å². The number of carbonyl (C=O) groups excluding carboxylic acids is 1. The molecule has 0 spiro atoms. The molecule has 1 aromatic rings. The summed E-state index contributed by atoms with van der Waals surface area (Å²) >= 11 is 0. The Bertz CT molecular complexity index is 452. The fourth-order valence-corrected chi connectivity index (χ4v) is 1.24. The molecule has 0 bridgehead atoms. The van der Waals surface area contributed by atoms with Crippen molar-refractivity contribution in [3.05, 3.63) is 36.9 Å². The van der Waals surface area contributed by atoms with Gasteiger partial charge in [0.2, 0.25) is 0 Å². The largest absolute Gasteiger partial charge is 0.508 e. The molecule has 3 rings (SSSR count). The van der Waals surface area contributed by atoms with Gasteiger partial charge in [0.1, 0.15) is 23.7 Å². The van der Waals surface area contributed by atoms with Crippen LogP contribution in [0.5, 0.6) is 11.5 Å². The molecule has 2 unspecified atom stereocenters. The standard InChI is InChI=1S/C6H10O3.C6H6O2.C4H6O2/c1(5-3-8-5)7-2-6-4-9-6;7-5-2-1-3-6(8)4-5;1-3-4(5)6-2/h5-6H,1-4H2;1-4,7-8H;3H,1H2,2H3. The number of hydrogen-bond acceptors (Lipinski definition) is 7. The van der Waals surface area contributed by atoms with Crippen LogP contribution in [0.25, 0.3) is 0 Å². The van der Waals surface area contributed by atoms with Gasteiger partial charge in [0.15, 0.2) is 0 Å². The summed E-state index contributed by atoms with van der Waals surface area (Å²) in [5, 5.41) is 17.3. The summed E-state index contributed by atoms with van der Waals surface area (Å²) < 4.78 is 19.3. The number of phenolic OH excluding ortho intramolecular Hbond substituents is 2. The SMILES string of the molecule is C(OCC1CO1)C1CO1.C=CC(=O)OC.Oc1cccc(O)c1. The molecule has 7 heteroatoms. The Morgan fingerprint density at radius 3 is 1.96 bits per heavy atom. The predicted molar refractivity (Wildman–Crippen MR) is 82.3 cm³/mol. The minimum Gasteiger partial charge on any atom is -0.508 e. The van der Waals surface area contributed by atoms with Crippen LogP contribution in [0.2, 0.25) is 0 Å². The zero-order chi connectivity index (χ0) is 17.1. The molecular formula is C16H22O7. The van der Waals surface area contributed by atoms with Crippen molar-refractivity contribution in [2.75, 3.05) is 33.5 Å². The number of carbonyl (C=O) groups is 1. The Morgan fingerprint density at radius 2 is 1.74 bits per heavy atom. The molecule has 0 amide bonds. The van der Waals surface area contributed by atoms with E-state index in [1.807, 2.05) is 0 Å². The maximum absolute atomic E-state index is 9.84. The summed E-state index contributed by atoms with van der Waals surface area (Å²) in [4.78, 5) is 9.84. The van der Waals surface area contributed by atoms with E-state index in [9.17, 15) is 4.79 Å². The van der Waals surface area contributed by atoms with Crippen LogP contribution in [-0.4, -0.2) is 61.9 Å². The number of benzene rings is 1. The van der Waals surface area contributed by atoms with Crippen molar-refractivity contribution >= 4 is 5.97 Å². The number of ether oxygens (including phenoxy) is 4. The van der Waals surface area contributed by atoms with E-state index in [0.717, 1.165) is 32.5 Å². The first-order chi connectivity index (χ1) is 11.0. The van der Waals surface area contributed by atoms with Crippen molar-refractivity contribution in [3.8, 4) is 11.5 Å². The van der Waals surface area contributed by atoms with Gasteiger partial charge in [-0.2, -0.15) is 0 Å². The number of methoxy groups -OCH3 is 1. The fraction of sp³-hybridized carbons (Fsp3) is 0.438. The van der Waals surface area contributed by atoms with E-state index in [0.29, 0.717) is 12.2 Å². The van der Waals surface area contributed by atoms with E-state index in [2.05, 4.69) is 11.3 Å². The average Bonchev–Trinajstić information content (AvgIpc) is 3.42. The molecule has 0 radical (unpaired) electrons. The van der Waals surface area contributed by atoms with E-state index in [4.69, 9.17) is 24.4 Å². The molecule has 128 valence electrons. The van der Waals surface area contributed by atoms with E-state index in [1.54, 1.807) is 6.07 Å². The first-order valence-corrected chi connectivity index (χ1v) is 7.04. The van der Waals surface area contributed by atoms with Crippen LogP contribution < -0.4 is 0 Å². The van der Waals surface area contributed by atoms with Gasteiger partial charge in [-0.15, -0.1) is 0 Å². The summed E-state index contributed by atoms with van der Waals surface area (Å²) in [5.74, 6) is -0.218. The molecule has 23 heavy (non-hydrogen) atoms. The van der Waals surface area contributed by atoms with E-state index in [1.165, 1.54) is 25.3 Å². The quantitative estimate of drug-likeness (QED) is 0.477. The highest BCUT2D eigenvalue weighted by Crippen LogP contribution is 2.15. The highest BCUT2D eigenvalue weighted by atomic mass is 16.6. The molecule has 2 aliphatic heterocycles. The molecule has 0 aromatic heterocycles. The fourth-order valence-electron chi connectivity index (χ4n) is 1.24. The van der Waals surface area contributed by atoms with E-state index in [-0.39, 0.29) is 11.5 Å². The van der Waals surface area contributed by atoms with Gasteiger partial charge in [0.25, 0.3) is 0 Å². The Labute approximate surface area is 135 Å². The summed E-state index contributed by atoms with van der Waals surface area (Å²) in [6.45, 7) is 6.42. The highest BCUT2D eigenvalue weighted by Gasteiger charge is 2.26. The third kappa shape index (κ3) is 11.2. The third-order valence-corrected chi connectivity index (χ3v) is 2.61. The minimum atomic E-state index is -0.394. The molecule has 0 aliphatic carbocycles. The Balaban J connectivity index is 0.000000177. The van der Waals surface area contributed by atoms with Gasteiger partial charge in [-0.25, -0.2) is 4.79 Å². The Morgan fingerprint density at radius 1 is 1.26 bits per heavy atom. The number of phenols is 2. The van der Waals surface area contributed by atoms with Gasteiger partial charge in [-0.05, 0) is 12.1 Å². The van der Waals surface area contributed by atoms with Crippen LogP contribution in [0.3, 0.4) is 0 Å². The Kier molecular flexibility index (Phi) is 8.74. The van der Waals surface area contributed by atoms with Crippen LogP contribution in [0, 0.1) is 0 Å². The molecular weight excluding hydrogens is 304 g/mol. The maximum Gasteiger partial charge on any atom is 0.329 e. The molecule has 2 saturated heterocycles. The lowest BCUT2D eigenvalue weighted by atomic mass is 10.3. The smallest absolute Gasteiger partial charge is 0.329 e. The molecule has 2 heterocycles. The van der Waals surface area contributed by atoms with Crippen LogP contribution in [-0.2, 0) is 23.7 Å². The van der Waals surface area contributed by atoms with Crippen molar-refractivity contribution in [2.45, 2.75) is 12.2 Å². The van der Waals surface area contributed by atoms with Crippen LogP contribution in [0.1, 0.15) is 0 Å². The van der Waals surface area contributed by atoms with Crippen LogP contribution in [0.15, 0.2) is 36.9 Å². The second-order valence-corrected chi connectivity index (χ2v) is 4.70. The van der Waals surface area contributed by atoms with E-state index >= 15 is 0 Å². The molecule has 2 atom stereocenters. The molecule has 2 N–H and O–H groups in total. The summed E-state index contributed by atoms with van der Waals surface area (Å²) in [5.41, 5.74) is 0. The molecule has 0 saturated carbocycles. The van der Waals surface area contributed by atoms with Crippen molar-refractivity contribution in [1.82, 2.24) is 0 Å². The molecule has 2 aliphatic rings. The normalized spacial score (nSPS) is 20.0. The number of epoxide rings is 2. The molecule has 2 fully saturated rings. The summed E-state index contributed by atoms with van der Waals surface area (Å²) in [7, 11) is 1.31. The Hall–Kier alpha value is -2.09. The summed E-state index contributed by atoms with van der Waals surface area (Å²) in [6.07, 6.45) is 1.90. The second kappa shape index (κ2) is 10.6. The zero-order valence-electron chi connectivity index (χ0n) is 13.0. The summed E-state index contributed by atoms with van der Waals surface area (Å²) in [6, 6.07) is 5.85. The van der Waals surface area contributed by atoms with Gasteiger partial charge in [-0.3, -0.25) is 0 Å². The lowest BCUT2D eigenvalue weighted by molar-refractivity contribution is -0.134. The highest BCUT2D eigenvalue weighted by molar-refractivity contribution is 5.80.